The zero-order valence-corrected chi connectivity index (χ0v) is 9.81. The quantitative estimate of drug-likeness (QED) is 0.721. The summed E-state index contributed by atoms with van der Waals surface area (Å²) in [7, 11) is 0. The van der Waals surface area contributed by atoms with Crippen LogP contribution in [0.1, 0.15) is 39.5 Å². The first-order valence-corrected chi connectivity index (χ1v) is 6.12. The molecule has 2 aliphatic rings. The molecule has 1 aliphatic carbocycles. The van der Waals surface area contributed by atoms with Crippen molar-refractivity contribution in [3.63, 3.8) is 0 Å². The molecule has 3 heteroatoms. The Hall–Kier alpha value is -0.570. The fraction of sp³-hybridized carbons (Fsp3) is 0.917. The van der Waals surface area contributed by atoms with Gasteiger partial charge >= 0.3 is 0 Å². The van der Waals surface area contributed by atoms with E-state index in [1.165, 1.54) is 6.42 Å². The Morgan fingerprint density at radius 1 is 1.47 bits per heavy atom. The van der Waals surface area contributed by atoms with E-state index in [4.69, 9.17) is 0 Å². The zero-order valence-electron chi connectivity index (χ0n) is 9.81. The highest BCUT2D eigenvalue weighted by Crippen LogP contribution is 2.28. The van der Waals surface area contributed by atoms with Crippen LogP contribution in [-0.4, -0.2) is 25.0 Å². The molecule has 1 saturated carbocycles. The van der Waals surface area contributed by atoms with Crippen LogP contribution in [0.4, 0.5) is 0 Å². The van der Waals surface area contributed by atoms with Gasteiger partial charge in [-0.15, -0.1) is 0 Å². The number of amides is 1. The Bertz CT molecular complexity index is 246. The first-order chi connectivity index (χ1) is 7.10. The van der Waals surface area contributed by atoms with Crippen molar-refractivity contribution in [3.8, 4) is 0 Å². The lowest BCUT2D eigenvalue weighted by Gasteiger charge is -2.24. The summed E-state index contributed by atoms with van der Waals surface area (Å²) >= 11 is 0. The zero-order chi connectivity index (χ0) is 10.9. The highest BCUT2D eigenvalue weighted by atomic mass is 16.2. The monoisotopic (exact) mass is 210 g/mol. The Morgan fingerprint density at radius 2 is 2.27 bits per heavy atom. The van der Waals surface area contributed by atoms with Crippen molar-refractivity contribution in [1.82, 2.24) is 10.6 Å². The second-order valence-electron chi connectivity index (χ2n) is 5.58. The van der Waals surface area contributed by atoms with Crippen molar-refractivity contribution in [2.75, 3.05) is 13.1 Å². The predicted molar refractivity (Wildman–Crippen MR) is 60.5 cm³/mol. The van der Waals surface area contributed by atoms with Crippen LogP contribution in [-0.2, 0) is 4.79 Å². The maximum absolute atomic E-state index is 12.1. The number of carbonyl (C=O) groups is 1. The van der Waals surface area contributed by atoms with Crippen LogP contribution in [0.2, 0.25) is 0 Å². The van der Waals surface area contributed by atoms with Gasteiger partial charge in [0.15, 0.2) is 0 Å². The summed E-state index contributed by atoms with van der Waals surface area (Å²) < 4.78 is 0. The fourth-order valence-corrected chi connectivity index (χ4v) is 2.71. The summed E-state index contributed by atoms with van der Waals surface area (Å²) in [6.45, 7) is 6.15. The average Bonchev–Trinajstić information content (AvgIpc) is 2.76. The second kappa shape index (κ2) is 4.12. The van der Waals surface area contributed by atoms with Gasteiger partial charge in [0.2, 0.25) is 5.91 Å². The normalized spacial score (nSPS) is 40.7. The molecular formula is C12H22N2O. The minimum absolute atomic E-state index is 0.161. The predicted octanol–water partition coefficient (Wildman–Crippen LogP) is 1.29. The van der Waals surface area contributed by atoms with Gasteiger partial charge in [0.1, 0.15) is 0 Å². The number of hydrogen-bond acceptors (Lipinski definition) is 2. The molecule has 0 spiro atoms. The Balaban J connectivity index is 1.86. The van der Waals surface area contributed by atoms with Gasteiger partial charge in [-0.1, -0.05) is 6.92 Å². The van der Waals surface area contributed by atoms with Gasteiger partial charge in [0.05, 0.1) is 5.41 Å². The van der Waals surface area contributed by atoms with E-state index in [0.717, 1.165) is 38.3 Å². The molecule has 1 saturated heterocycles. The smallest absolute Gasteiger partial charge is 0.227 e. The standard InChI is InChI=1S/C12H22N2O/c1-9-3-4-10(7-9)14-11(15)12(2)5-6-13-8-12/h9-10,13H,3-8H2,1-2H3,(H,14,15). The minimum atomic E-state index is -0.161. The summed E-state index contributed by atoms with van der Waals surface area (Å²) in [6, 6.07) is 0.435. The van der Waals surface area contributed by atoms with Crippen LogP contribution >= 0.6 is 0 Å². The Morgan fingerprint density at radius 3 is 2.80 bits per heavy atom. The van der Waals surface area contributed by atoms with Gasteiger partial charge in [0, 0.05) is 12.6 Å². The molecule has 86 valence electrons. The van der Waals surface area contributed by atoms with E-state index in [1.54, 1.807) is 0 Å². The number of hydrogen-bond donors (Lipinski definition) is 2. The lowest BCUT2D eigenvalue weighted by Crippen LogP contribution is -2.44. The van der Waals surface area contributed by atoms with E-state index in [1.807, 2.05) is 0 Å². The molecule has 3 nitrogen and oxygen atoms in total. The summed E-state index contributed by atoms with van der Waals surface area (Å²) in [5.74, 6) is 1.04. The highest BCUT2D eigenvalue weighted by molar-refractivity contribution is 5.83. The largest absolute Gasteiger partial charge is 0.353 e. The lowest BCUT2D eigenvalue weighted by molar-refractivity contribution is -0.129. The van der Waals surface area contributed by atoms with E-state index in [-0.39, 0.29) is 11.3 Å². The number of carbonyl (C=O) groups excluding carboxylic acids is 1. The van der Waals surface area contributed by atoms with Crippen LogP contribution < -0.4 is 10.6 Å². The van der Waals surface area contributed by atoms with Crippen molar-refractivity contribution in [2.45, 2.75) is 45.6 Å². The second-order valence-corrected chi connectivity index (χ2v) is 5.58. The molecule has 3 atom stereocenters. The molecule has 0 radical (unpaired) electrons. The van der Waals surface area contributed by atoms with Crippen LogP contribution in [0.15, 0.2) is 0 Å². The van der Waals surface area contributed by atoms with Crippen LogP contribution in [0.25, 0.3) is 0 Å². The Labute approximate surface area is 92.0 Å². The molecule has 1 amide bonds. The third-order valence-electron chi connectivity index (χ3n) is 3.95. The molecule has 1 aliphatic heterocycles. The van der Waals surface area contributed by atoms with Crippen molar-refractivity contribution >= 4 is 5.91 Å². The summed E-state index contributed by atoms with van der Waals surface area (Å²) in [5.41, 5.74) is -0.161. The van der Waals surface area contributed by atoms with E-state index in [9.17, 15) is 4.79 Å². The first kappa shape index (κ1) is 10.9. The topological polar surface area (TPSA) is 41.1 Å². The Kier molecular flexibility index (Phi) is 3.01. The molecule has 2 fully saturated rings. The molecule has 0 aromatic carbocycles. The van der Waals surface area contributed by atoms with Crippen molar-refractivity contribution in [1.29, 1.82) is 0 Å². The fourth-order valence-electron chi connectivity index (χ4n) is 2.71. The van der Waals surface area contributed by atoms with Gasteiger partial charge in [-0.2, -0.15) is 0 Å². The van der Waals surface area contributed by atoms with Crippen molar-refractivity contribution < 1.29 is 4.79 Å². The lowest BCUT2D eigenvalue weighted by atomic mass is 9.88. The van der Waals surface area contributed by atoms with Gasteiger partial charge < -0.3 is 10.6 Å². The number of rotatable bonds is 2. The van der Waals surface area contributed by atoms with Crippen molar-refractivity contribution in [3.05, 3.63) is 0 Å². The third kappa shape index (κ3) is 2.33. The molecule has 2 rings (SSSR count). The van der Waals surface area contributed by atoms with Crippen molar-refractivity contribution in [2.24, 2.45) is 11.3 Å². The molecule has 0 aromatic heterocycles. The van der Waals surface area contributed by atoms with Crippen LogP contribution in [0.5, 0.6) is 0 Å². The summed E-state index contributed by atoms with van der Waals surface area (Å²) in [5, 5.41) is 6.48. The maximum Gasteiger partial charge on any atom is 0.227 e. The SMILES string of the molecule is CC1CCC(NC(=O)C2(C)CCNC2)C1. The molecule has 0 bridgehead atoms. The summed E-state index contributed by atoms with van der Waals surface area (Å²) in [4.78, 5) is 12.1. The third-order valence-corrected chi connectivity index (χ3v) is 3.95. The van der Waals surface area contributed by atoms with E-state index >= 15 is 0 Å². The van der Waals surface area contributed by atoms with Gasteiger partial charge in [-0.25, -0.2) is 0 Å². The van der Waals surface area contributed by atoms with E-state index in [0.29, 0.717) is 6.04 Å². The maximum atomic E-state index is 12.1. The highest BCUT2D eigenvalue weighted by Gasteiger charge is 2.37. The van der Waals surface area contributed by atoms with E-state index in [2.05, 4.69) is 24.5 Å². The molecule has 15 heavy (non-hydrogen) atoms. The average molecular weight is 210 g/mol. The summed E-state index contributed by atoms with van der Waals surface area (Å²) in [6.07, 6.45) is 4.56. The molecule has 3 unspecified atom stereocenters. The van der Waals surface area contributed by atoms with Crippen LogP contribution in [0, 0.1) is 11.3 Å². The molecule has 1 heterocycles. The minimum Gasteiger partial charge on any atom is -0.353 e. The first-order valence-electron chi connectivity index (χ1n) is 6.12. The van der Waals surface area contributed by atoms with Gasteiger partial charge in [-0.05, 0) is 45.1 Å². The molecular weight excluding hydrogens is 188 g/mol. The van der Waals surface area contributed by atoms with Gasteiger partial charge in [-0.3, -0.25) is 4.79 Å². The molecule has 0 aromatic rings. The van der Waals surface area contributed by atoms with Crippen LogP contribution in [0.3, 0.4) is 0 Å². The molecule has 2 N–H and O–H groups in total. The van der Waals surface area contributed by atoms with E-state index < -0.39 is 0 Å². The van der Waals surface area contributed by atoms with Gasteiger partial charge in [0.25, 0.3) is 0 Å². The number of nitrogens with one attached hydrogen (secondary N) is 2.